The van der Waals surface area contributed by atoms with E-state index in [1.807, 2.05) is 0 Å². The van der Waals surface area contributed by atoms with E-state index in [0.717, 1.165) is 12.1 Å². The van der Waals surface area contributed by atoms with Gasteiger partial charge in [0.1, 0.15) is 5.52 Å². The van der Waals surface area contributed by atoms with Gasteiger partial charge in [-0.2, -0.15) is 13.2 Å². The Morgan fingerprint density at radius 1 is 1.39 bits per heavy atom. The number of rotatable bonds is 2. The summed E-state index contributed by atoms with van der Waals surface area (Å²) in [5.74, 6) is -2.34. The summed E-state index contributed by atoms with van der Waals surface area (Å²) in [6.45, 7) is 0. The van der Waals surface area contributed by atoms with Crippen molar-refractivity contribution in [2.45, 2.75) is 12.3 Å². The average Bonchev–Trinajstić information content (AvgIpc) is 2.69. The molecule has 0 fully saturated rings. The highest BCUT2D eigenvalue weighted by Gasteiger charge is 2.35. The maximum Gasteiger partial charge on any atom is 0.418 e. The van der Waals surface area contributed by atoms with E-state index in [1.165, 1.54) is 6.07 Å². The number of aliphatic hydroxyl groups is 1. The van der Waals surface area contributed by atoms with Gasteiger partial charge in [-0.1, -0.05) is 6.07 Å². The van der Waals surface area contributed by atoms with Crippen LogP contribution in [-0.4, -0.2) is 21.2 Å². The maximum absolute atomic E-state index is 12.6. The van der Waals surface area contributed by atoms with Gasteiger partial charge in [0, 0.05) is 0 Å². The van der Waals surface area contributed by atoms with Gasteiger partial charge < -0.3 is 14.6 Å². The van der Waals surface area contributed by atoms with Crippen LogP contribution in [0.4, 0.5) is 13.2 Å². The molecule has 8 heteroatoms. The Balaban J connectivity index is 2.62. The van der Waals surface area contributed by atoms with Crippen LogP contribution in [0.15, 0.2) is 22.6 Å². The van der Waals surface area contributed by atoms with Crippen molar-refractivity contribution in [3.8, 4) is 0 Å². The van der Waals surface area contributed by atoms with Gasteiger partial charge in [-0.25, -0.2) is 9.78 Å². The first kappa shape index (κ1) is 12.4. The maximum atomic E-state index is 12.6. The fourth-order valence-corrected chi connectivity index (χ4v) is 1.42. The second-order valence-electron chi connectivity index (χ2n) is 3.44. The molecule has 1 atom stereocenters. The number of carboxylic acids is 1. The average molecular weight is 261 g/mol. The Morgan fingerprint density at radius 3 is 2.61 bits per heavy atom. The van der Waals surface area contributed by atoms with Gasteiger partial charge >= 0.3 is 12.1 Å². The van der Waals surface area contributed by atoms with Crippen LogP contribution in [0.5, 0.6) is 0 Å². The number of aliphatic hydroxyl groups excluding tert-OH is 1. The predicted octanol–water partition coefficient (Wildman–Crippen LogP) is 1.96. The number of halogens is 3. The van der Waals surface area contributed by atoms with Crippen LogP contribution in [0.2, 0.25) is 0 Å². The van der Waals surface area contributed by atoms with Gasteiger partial charge in [-0.15, -0.1) is 0 Å². The number of oxazole rings is 1. The largest absolute Gasteiger partial charge is 0.479 e. The van der Waals surface area contributed by atoms with E-state index in [-0.39, 0.29) is 5.58 Å². The van der Waals surface area contributed by atoms with E-state index in [9.17, 15) is 18.0 Å². The van der Waals surface area contributed by atoms with Crippen molar-refractivity contribution in [3.63, 3.8) is 0 Å². The molecule has 0 saturated carbocycles. The third-order valence-electron chi connectivity index (χ3n) is 2.21. The normalized spacial score (nSPS) is 13.8. The number of aliphatic carboxylic acids is 1. The Bertz CT molecular complexity index is 605. The molecular weight excluding hydrogens is 255 g/mol. The third kappa shape index (κ3) is 2.02. The molecule has 2 rings (SSSR count). The highest BCUT2D eigenvalue weighted by Crippen LogP contribution is 2.35. The van der Waals surface area contributed by atoms with Gasteiger partial charge in [0.05, 0.1) is 5.56 Å². The van der Waals surface area contributed by atoms with E-state index in [4.69, 9.17) is 14.6 Å². The fraction of sp³-hybridized carbons (Fsp3) is 0.200. The summed E-state index contributed by atoms with van der Waals surface area (Å²) in [6.07, 6.45) is -6.74. The van der Waals surface area contributed by atoms with E-state index in [2.05, 4.69) is 4.98 Å². The monoisotopic (exact) mass is 261 g/mol. The molecule has 0 aliphatic rings. The number of hydrogen-bond donors (Lipinski definition) is 2. The van der Waals surface area contributed by atoms with Crippen LogP contribution in [0.1, 0.15) is 17.6 Å². The SMILES string of the molecule is O=C(O)C(O)c1nc2c(C(F)(F)F)cccc2o1. The molecule has 0 bridgehead atoms. The van der Waals surface area contributed by atoms with Crippen LogP contribution in [0, 0.1) is 0 Å². The topological polar surface area (TPSA) is 83.6 Å². The Kier molecular flexibility index (Phi) is 2.74. The molecule has 5 nitrogen and oxygen atoms in total. The lowest BCUT2D eigenvalue weighted by Gasteiger charge is -2.05. The fourth-order valence-electron chi connectivity index (χ4n) is 1.42. The summed E-state index contributed by atoms with van der Waals surface area (Å²) in [6, 6.07) is 3.10. The van der Waals surface area contributed by atoms with E-state index >= 15 is 0 Å². The molecule has 1 aromatic heterocycles. The third-order valence-corrected chi connectivity index (χ3v) is 2.21. The number of carbonyl (C=O) groups is 1. The number of alkyl halides is 3. The molecule has 1 heterocycles. The second-order valence-corrected chi connectivity index (χ2v) is 3.44. The Morgan fingerprint density at radius 2 is 2.06 bits per heavy atom. The predicted molar refractivity (Wildman–Crippen MR) is 51.6 cm³/mol. The molecule has 2 N–H and O–H groups in total. The van der Waals surface area contributed by atoms with Crippen molar-refractivity contribution in [3.05, 3.63) is 29.7 Å². The summed E-state index contributed by atoms with van der Waals surface area (Å²) in [5, 5.41) is 17.7. The summed E-state index contributed by atoms with van der Waals surface area (Å²) in [7, 11) is 0. The van der Waals surface area contributed by atoms with Crippen molar-refractivity contribution in [2.24, 2.45) is 0 Å². The zero-order chi connectivity index (χ0) is 13.5. The molecule has 1 unspecified atom stereocenters. The zero-order valence-electron chi connectivity index (χ0n) is 8.60. The number of fused-ring (bicyclic) bond motifs is 1. The molecule has 96 valence electrons. The van der Waals surface area contributed by atoms with Crippen molar-refractivity contribution in [1.82, 2.24) is 4.98 Å². The van der Waals surface area contributed by atoms with Gasteiger partial charge in [-0.3, -0.25) is 0 Å². The minimum Gasteiger partial charge on any atom is -0.479 e. The second kappa shape index (κ2) is 3.98. The van der Waals surface area contributed by atoms with Gasteiger partial charge in [-0.05, 0) is 12.1 Å². The molecule has 0 aliphatic carbocycles. The quantitative estimate of drug-likeness (QED) is 0.863. The first-order chi connectivity index (χ1) is 8.30. The molecule has 1 aromatic carbocycles. The summed E-state index contributed by atoms with van der Waals surface area (Å²) in [5.41, 5.74) is -1.81. The van der Waals surface area contributed by atoms with E-state index < -0.39 is 35.2 Å². The minimum absolute atomic E-state index is 0.236. The van der Waals surface area contributed by atoms with Crippen molar-refractivity contribution in [2.75, 3.05) is 0 Å². The highest BCUT2D eigenvalue weighted by molar-refractivity contribution is 5.79. The summed E-state index contributed by atoms with van der Waals surface area (Å²) >= 11 is 0. The zero-order valence-corrected chi connectivity index (χ0v) is 8.60. The highest BCUT2D eigenvalue weighted by atomic mass is 19.4. The minimum atomic E-state index is -4.64. The van der Waals surface area contributed by atoms with Crippen molar-refractivity contribution < 1.29 is 32.6 Å². The van der Waals surface area contributed by atoms with Crippen LogP contribution in [0.25, 0.3) is 11.1 Å². The first-order valence-corrected chi connectivity index (χ1v) is 4.68. The Labute approximate surface area is 97.5 Å². The molecule has 2 aromatic rings. The van der Waals surface area contributed by atoms with Gasteiger partial charge in [0.2, 0.25) is 12.0 Å². The standard InChI is InChI=1S/C10H6F3NO4/c11-10(12,13)4-2-1-3-5-6(4)14-8(18-5)7(15)9(16)17/h1-3,7,15H,(H,16,17). The lowest BCUT2D eigenvalue weighted by Crippen LogP contribution is -2.10. The Hall–Kier alpha value is -2.09. The summed E-state index contributed by atoms with van der Waals surface area (Å²) in [4.78, 5) is 13.9. The molecule has 18 heavy (non-hydrogen) atoms. The van der Waals surface area contributed by atoms with Crippen LogP contribution in [0.3, 0.4) is 0 Å². The number of nitrogens with zero attached hydrogens (tertiary/aromatic N) is 1. The van der Waals surface area contributed by atoms with Crippen LogP contribution >= 0.6 is 0 Å². The van der Waals surface area contributed by atoms with Crippen molar-refractivity contribution >= 4 is 17.1 Å². The van der Waals surface area contributed by atoms with Crippen LogP contribution < -0.4 is 0 Å². The lowest BCUT2D eigenvalue weighted by molar-refractivity contribution is -0.148. The molecule has 0 saturated heterocycles. The van der Waals surface area contributed by atoms with E-state index in [0.29, 0.717) is 0 Å². The van der Waals surface area contributed by atoms with Gasteiger partial charge in [0.25, 0.3) is 0 Å². The van der Waals surface area contributed by atoms with Gasteiger partial charge in [0.15, 0.2) is 5.58 Å². The molecule has 0 radical (unpaired) electrons. The first-order valence-electron chi connectivity index (χ1n) is 4.68. The summed E-state index contributed by atoms with van der Waals surface area (Å²) < 4.78 is 42.7. The molecular formula is C10H6F3NO4. The molecule has 0 amide bonds. The number of aromatic nitrogens is 1. The molecule has 0 spiro atoms. The number of benzene rings is 1. The molecule has 0 aliphatic heterocycles. The van der Waals surface area contributed by atoms with Crippen LogP contribution in [-0.2, 0) is 11.0 Å². The lowest BCUT2D eigenvalue weighted by atomic mass is 10.2. The number of carboxylic acid groups (broad SMARTS) is 1. The number of hydrogen-bond acceptors (Lipinski definition) is 4. The number of para-hydroxylation sites is 1. The smallest absolute Gasteiger partial charge is 0.418 e. The van der Waals surface area contributed by atoms with E-state index in [1.54, 1.807) is 0 Å². The van der Waals surface area contributed by atoms with Crippen molar-refractivity contribution in [1.29, 1.82) is 0 Å².